The van der Waals surface area contributed by atoms with Crippen LogP contribution in [0.25, 0.3) is 0 Å². The number of halogens is 1. The molecule has 0 spiro atoms. The average molecular weight is 477 g/mol. The highest BCUT2D eigenvalue weighted by molar-refractivity contribution is 14.0. The van der Waals surface area contributed by atoms with Crippen molar-refractivity contribution in [1.82, 2.24) is 20.5 Å². The summed E-state index contributed by atoms with van der Waals surface area (Å²) in [6, 6.07) is 3.91. The molecular formula is C18H32IN5O2. The number of hydrogen-bond donors (Lipinski definition) is 2. The van der Waals surface area contributed by atoms with Crippen LogP contribution >= 0.6 is 24.0 Å². The van der Waals surface area contributed by atoms with Gasteiger partial charge in [0, 0.05) is 45.6 Å². The lowest BCUT2D eigenvalue weighted by atomic mass is 10.1. The maximum atomic E-state index is 5.66. The molecule has 0 bridgehead atoms. The quantitative estimate of drug-likeness (QED) is 0.245. The molecule has 8 heteroatoms. The number of aliphatic imine (C=N–C) groups is 1. The Morgan fingerprint density at radius 2 is 2.04 bits per heavy atom. The van der Waals surface area contributed by atoms with E-state index in [2.05, 4.69) is 25.5 Å². The first-order chi connectivity index (χ1) is 12.3. The zero-order chi connectivity index (χ0) is 17.7. The fraction of sp³-hybridized carbons (Fsp3) is 0.667. The summed E-state index contributed by atoms with van der Waals surface area (Å²) < 4.78 is 10.7. The summed E-state index contributed by atoms with van der Waals surface area (Å²) in [7, 11) is 3.44. The summed E-state index contributed by atoms with van der Waals surface area (Å²) in [6.07, 6.45) is 5.74. The molecule has 1 aliphatic heterocycles. The molecule has 0 atom stereocenters. The van der Waals surface area contributed by atoms with E-state index in [1.54, 1.807) is 20.4 Å². The smallest absolute Gasteiger partial charge is 0.218 e. The standard InChI is InChI=1S/C18H31N5O2.HI/c1-19-18(21-9-12-23-10-4-3-5-11-23)22-15-16-7-6-8-20-17(16)25-14-13-24-2;/h6-8H,3-5,9-15H2,1-2H3,(H2,19,21,22);1H. The first kappa shape index (κ1) is 22.9. The predicted molar refractivity (Wildman–Crippen MR) is 116 cm³/mol. The molecular weight excluding hydrogens is 445 g/mol. The average Bonchev–Trinajstić information content (AvgIpc) is 2.66. The molecule has 2 rings (SSSR count). The van der Waals surface area contributed by atoms with Crippen LogP contribution in [0.4, 0.5) is 0 Å². The number of ether oxygens (including phenoxy) is 2. The van der Waals surface area contributed by atoms with Crippen molar-refractivity contribution in [2.45, 2.75) is 25.8 Å². The van der Waals surface area contributed by atoms with E-state index >= 15 is 0 Å². The van der Waals surface area contributed by atoms with Crippen LogP contribution in [0.5, 0.6) is 5.88 Å². The molecule has 1 aromatic rings. The SMILES string of the molecule is CN=C(NCCN1CCCCC1)NCc1cccnc1OCCOC.I. The lowest BCUT2D eigenvalue weighted by Crippen LogP contribution is -2.42. The molecule has 7 nitrogen and oxygen atoms in total. The van der Waals surface area contributed by atoms with Crippen LogP contribution in [0.3, 0.4) is 0 Å². The second-order valence-electron chi connectivity index (χ2n) is 6.06. The van der Waals surface area contributed by atoms with Crippen molar-refractivity contribution in [1.29, 1.82) is 0 Å². The van der Waals surface area contributed by atoms with E-state index < -0.39 is 0 Å². The minimum absolute atomic E-state index is 0. The van der Waals surface area contributed by atoms with Crippen molar-refractivity contribution in [2.24, 2.45) is 4.99 Å². The minimum atomic E-state index is 0. The second kappa shape index (κ2) is 14.0. The van der Waals surface area contributed by atoms with Crippen molar-refractivity contribution >= 4 is 29.9 Å². The van der Waals surface area contributed by atoms with Crippen LogP contribution in [-0.4, -0.2) is 69.4 Å². The van der Waals surface area contributed by atoms with E-state index in [4.69, 9.17) is 9.47 Å². The Labute approximate surface area is 174 Å². The minimum Gasteiger partial charge on any atom is -0.475 e. The van der Waals surface area contributed by atoms with Crippen LogP contribution in [0.2, 0.25) is 0 Å². The van der Waals surface area contributed by atoms with Gasteiger partial charge in [-0.25, -0.2) is 4.98 Å². The first-order valence-electron chi connectivity index (χ1n) is 9.06. The molecule has 1 aromatic heterocycles. The van der Waals surface area contributed by atoms with Crippen LogP contribution in [0.1, 0.15) is 24.8 Å². The topological polar surface area (TPSA) is 71.0 Å². The van der Waals surface area contributed by atoms with Gasteiger partial charge in [-0.1, -0.05) is 12.5 Å². The molecule has 1 fully saturated rings. The van der Waals surface area contributed by atoms with E-state index in [-0.39, 0.29) is 24.0 Å². The number of nitrogens with zero attached hydrogens (tertiary/aromatic N) is 3. The molecule has 0 radical (unpaired) electrons. The molecule has 0 aliphatic carbocycles. The van der Waals surface area contributed by atoms with Gasteiger partial charge in [0.25, 0.3) is 0 Å². The number of nitrogens with one attached hydrogen (secondary N) is 2. The van der Waals surface area contributed by atoms with Crippen molar-refractivity contribution in [2.75, 3.05) is 53.6 Å². The molecule has 0 amide bonds. The first-order valence-corrected chi connectivity index (χ1v) is 9.06. The van der Waals surface area contributed by atoms with Gasteiger partial charge in [-0.3, -0.25) is 4.99 Å². The molecule has 0 saturated carbocycles. The predicted octanol–water partition coefficient (Wildman–Crippen LogP) is 1.88. The van der Waals surface area contributed by atoms with Crippen molar-refractivity contribution in [3.63, 3.8) is 0 Å². The number of methoxy groups -OCH3 is 1. The van der Waals surface area contributed by atoms with Gasteiger partial charge in [-0.15, -0.1) is 24.0 Å². The Kier molecular flexibility index (Phi) is 12.3. The third-order valence-corrected chi connectivity index (χ3v) is 4.22. The lowest BCUT2D eigenvalue weighted by Gasteiger charge is -2.26. The van der Waals surface area contributed by atoms with Gasteiger partial charge in [0.1, 0.15) is 6.61 Å². The van der Waals surface area contributed by atoms with Crippen LogP contribution in [-0.2, 0) is 11.3 Å². The normalized spacial score (nSPS) is 15.2. The number of aromatic nitrogens is 1. The largest absolute Gasteiger partial charge is 0.475 e. The van der Waals surface area contributed by atoms with Gasteiger partial charge in [0.05, 0.1) is 6.61 Å². The van der Waals surface area contributed by atoms with Crippen LogP contribution in [0, 0.1) is 0 Å². The van der Waals surface area contributed by atoms with Crippen molar-refractivity contribution < 1.29 is 9.47 Å². The van der Waals surface area contributed by atoms with E-state index in [1.165, 1.54) is 32.4 Å². The van der Waals surface area contributed by atoms with Gasteiger partial charge in [0.15, 0.2) is 5.96 Å². The maximum Gasteiger partial charge on any atom is 0.218 e. The number of hydrogen-bond acceptors (Lipinski definition) is 5. The zero-order valence-corrected chi connectivity index (χ0v) is 18.2. The Balaban J connectivity index is 0.00000338. The zero-order valence-electron chi connectivity index (χ0n) is 15.9. The summed E-state index contributed by atoms with van der Waals surface area (Å²) in [5, 5.41) is 6.70. The Bertz CT molecular complexity index is 524. The summed E-state index contributed by atoms with van der Waals surface area (Å²) in [4.78, 5) is 11.1. The van der Waals surface area contributed by atoms with Gasteiger partial charge in [-0.05, 0) is 32.0 Å². The molecule has 1 saturated heterocycles. The molecule has 1 aliphatic rings. The van der Waals surface area contributed by atoms with E-state index in [1.807, 2.05) is 12.1 Å². The highest BCUT2D eigenvalue weighted by Gasteiger charge is 2.10. The summed E-state index contributed by atoms with van der Waals surface area (Å²) >= 11 is 0. The van der Waals surface area contributed by atoms with Gasteiger partial charge in [-0.2, -0.15) is 0 Å². The monoisotopic (exact) mass is 477 g/mol. The van der Waals surface area contributed by atoms with Crippen molar-refractivity contribution in [3.05, 3.63) is 23.9 Å². The fourth-order valence-electron chi connectivity index (χ4n) is 2.83. The Morgan fingerprint density at radius 3 is 2.77 bits per heavy atom. The van der Waals surface area contributed by atoms with E-state index in [9.17, 15) is 0 Å². The van der Waals surface area contributed by atoms with Crippen LogP contribution in [0.15, 0.2) is 23.3 Å². The van der Waals surface area contributed by atoms with Gasteiger partial charge in [0.2, 0.25) is 5.88 Å². The van der Waals surface area contributed by atoms with Crippen molar-refractivity contribution in [3.8, 4) is 5.88 Å². The maximum absolute atomic E-state index is 5.66. The third kappa shape index (κ3) is 8.50. The third-order valence-electron chi connectivity index (χ3n) is 4.22. The highest BCUT2D eigenvalue weighted by atomic mass is 127. The van der Waals surface area contributed by atoms with E-state index in [0.717, 1.165) is 24.6 Å². The second-order valence-corrected chi connectivity index (χ2v) is 6.06. The highest BCUT2D eigenvalue weighted by Crippen LogP contribution is 2.13. The number of likely N-dealkylation sites (tertiary alicyclic amines) is 1. The summed E-state index contributed by atoms with van der Waals surface area (Å²) in [5.74, 6) is 1.43. The van der Waals surface area contributed by atoms with Crippen LogP contribution < -0.4 is 15.4 Å². The van der Waals surface area contributed by atoms with Gasteiger partial charge >= 0.3 is 0 Å². The number of piperidine rings is 1. The van der Waals surface area contributed by atoms with Gasteiger partial charge < -0.3 is 25.0 Å². The van der Waals surface area contributed by atoms with E-state index in [0.29, 0.717) is 25.6 Å². The lowest BCUT2D eigenvalue weighted by molar-refractivity contribution is 0.143. The molecule has 0 aromatic carbocycles. The Morgan fingerprint density at radius 1 is 1.23 bits per heavy atom. The summed E-state index contributed by atoms with van der Waals surface area (Å²) in [6.45, 7) is 6.02. The number of rotatable bonds is 9. The molecule has 0 unspecified atom stereocenters. The molecule has 2 N–H and O–H groups in total. The number of pyridine rings is 1. The summed E-state index contributed by atoms with van der Waals surface area (Å²) in [5.41, 5.74) is 0.998. The fourth-order valence-corrected chi connectivity index (χ4v) is 2.83. The molecule has 26 heavy (non-hydrogen) atoms. The number of guanidine groups is 1. The Hall–Kier alpha value is -1.13. The molecule has 148 valence electrons. The molecule has 2 heterocycles.